The van der Waals surface area contributed by atoms with Gasteiger partial charge in [0.2, 0.25) is 0 Å². The van der Waals surface area contributed by atoms with Crippen LogP contribution in [0, 0.1) is 0 Å². The van der Waals surface area contributed by atoms with E-state index in [9.17, 15) is 4.79 Å². The number of nitrogen functional groups attached to an aromatic ring is 2. The molecule has 20 heavy (non-hydrogen) atoms. The Balaban J connectivity index is 2.45. The Hall–Kier alpha value is -2.75. The van der Waals surface area contributed by atoms with Crippen molar-refractivity contribution in [2.75, 3.05) is 11.5 Å². The Morgan fingerprint density at radius 1 is 1.05 bits per heavy atom. The van der Waals surface area contributed by atoms with E-state index in [-0.39, 0.29) is 0 Å². The van der Waals surface area contributed by atoms with Gasteiger partial charge in [-0.25, -0.2) is 4.79 Å². The highest BCUT2D eigenvalue weighted by Crippen LogP contribution is 2.32. The Bertz CT molecular complexity index is 661. The molecule has 0 unspecified atom stereocenters. The zero-order chi connectivity index (χ0) is 14.7. The zero-order valence-corrected chi connectivity index (χ0v) is 11.2. The van der Waals surface area contributed by atoms with Crippen LogP contribution in [0.2, 0.25) is 0 Å². The molecule has 0 fully saturated rings. The maximum absolute atomic E-state index is 11.7. The summed E-state index contributed by atoms with van der Waals surface area (Å²) < 4.78 is 5.32. The molecule has 0 aliphatic rings. The molecule has 4 heteroatoms. The molecule has 0 amide bonds. The molecular weight excluding hydrogens is 252 g/mol. The largest absolute Gasteiger partial charge is 0.422 e. The molecule has 4 N–H and O–H groups in total. The summed E-state index contributed by atoms with van der Waals surface area (Å²) in [4.78, 5) is 11.7. The maximum atomic E-state index is 11.7. The van der Waals surface area contributed by atoms with Crippen molar-refractivity contribution in [2.24, 2.45) is 0 Å². The Morgan fingerprint density at radius 2 is 1.65 bits per heavy atom. The highest BCUT2D eigenvalue weighted by molar-refractivity contribution is 5.90. The van der Waals surface area contributed by atoms with E-state index in [2.05, 4.69) is 6.58 Å². The fourth-order valence-electron chi connectivity index (χ4n) is 1.71. The van der Waals surface area contributed by atoms with E-state index in [0.29, 0.717) is 22.7 Å². The molecule has 0 aliphatic heterocycles. The van der Waals surface area contributed by atoms with E-state index in [0.717, 1.165) is 11.1 Å². The van der Waals surface area contributed by atoms with Crippen LogP contribution < -0.4 is 16.2 Å². The minimum Gasteiger partial charge on any atom is -0.422 e. The van der Waals surface area contributed by atoms with E-state index in [1.807, 2.05) is 18.2 Å². The maximum Gasteiger partial charge on any atom is 0.338 e. The summed E-state index contributed by atoms with van der Waals surface area (Å²) in [7, 11) is 0. The first-order valence-electron chi connectivity index (χ1n) is 6.10. The lowest BCUT2D eigenvalue weighted by molar-refractivity contribution is -0.130. The standard InChI is InChI=1S/C16H16N2O2/c1-10(2)16(19)20-15-9-13(18)7-8-14(15)11-3-5-12(17)6-4-11/h3-9H,1,17-18H2,2H3. The summed E-state index contributed by atoms with van der Waals surface area (Å²) in [5, 5.41) is 0. The van der Waals surface area contributed by atoms with Crippen molar-refractivity contribution in [1.29, 1.82) is 0 Å². The first kappa shape index (κ1) is 13.7. The van der Waals surface area contributed by atoms with Gasteiger partial charge in [-0.2, -0.15) is 0 Å². The summed E-state index contributed by atoms with van der Waals surface area (Å²) >= 11 is 0. The second-order valence-corrected chi connectivity index (χ2v) is 4.55. The number of nitrogens with two attached hydrogens (primary N) is 2. The second-order valence-electron chi connectivity index (χ2n) is 4.55. The molecule has 0 atom stereocenters. The molecule has 4 nitrogen and oxygen atoms in total. The molecule has 0 saturated heterocycles. The Kier molecular flexibility index (Phi) is 3.75. The first-order valence-corrected chi connectivity index (χ1v) is 6.10. The van der Waals surface area contributed by atoms with Crippen LogP contribution in [0.3, 0.4) is 0 Å². The van der Waals surface area contributed by atoms with E-state index >= 15 is 0 Å². The number of carbonyl (C=O) groups excluding carboxylic acids is 1. The topological polar surface area (TPSA) is 78.3 Å². The van der Waals surface area contributed by atoms with Gasteiger partial charge in [-0.1, -0.05) is 18.7 Å². The van der Waals surface area contributed by atoms with Gasteiger partial charge in [0.15, 0.2) is 0 Å². The molecule has 0 radical (unpaired) electrons. The average Bonchev–Trinajstić information content (AvgIpc) is 2.40. The second kappa shape index (κ2) is 5.48. The predicted octanol–water partition coefficient (Wildman–Crippen LogP) is 3.00. The van der Waals surface area contributed by atoms with Crippen LogP contribution in [0.25, 0.3) is 11.1 Å². The van der Waals surface area contributed by atoms with Crippen LogP contribution in [0.1, 0.15) is 6.92 Å². The van der Waals surface area contributed by atoms with Gasteiger partial charge in [-0.05, 0) is 36.8 Å². The number of hydrogen-bond donors (Lipinski definition) is 2. The molecule has 2 rings (SSSR count). The molecule has 0 spiro atoms. The van der Waals surface area contributed by atoms with Gasteiger partial charge in [0, 0.05) is 28.6 Å². The summed E-state index contributed by atoms with van der Waals surface area (Å²) in [6.07, 6.45) is 0. The third-order valence-electron chi connectivity index (χ3n) is 2.78. The molecule has 2 aromatic carbocycles. The van der Waals surface area contributed by atoms with Gasteiger partial charge in [-0.3, -0.25) is 0 Å². The normalized spacial score (nSPS) is 10.1. The van der Waals surface area contributed by atoms with Crippen LogP contribution in [0.4, 0.5) is 11.4 Å². The molecule has 2 aromatic rings. The van der Waals surface area contributed by atoms with Crippen molar-refractivity contribution < 1.29 is 9.53 Å². The number of anilines is 2. The number of benzene rings is 2. The summed E-state index contributed by atoms with van der Waals surface area (Å²) in [6, 6.07) is 12.5. The summed E-state index contributed by atoms with van der Waals surface area (Å²) in [5.74, 6) is -0.0740. The van der Waals surface area contributed by atoms with Gasteiger partial charge in [0.05, 0.1) is 0 Å². The first-order chi connectivity index (χ1) is 9.47. The van der Waals surface area contributed by atoms with Crippen molar-refractivity contribution in [3.8, 4) is 16.9 Å². The minimum atomic E-state index is -0.479. The molecule has 0 heterocycles. The van der Waals surface area contributed by atoms with Crippen LogP contribution in [-0.2, 0) is 4.79 Å². The fraction of sp³-hybridized carbons (Fsp3) is 0.0625. The molecule has 0 bridgehead atoms. The predicted molar refractivity (Wildman–Crippen MR) is 81.2 cm³/mol. The summed E-state index contributed by atoms with van der Waals surface area (Å²) in [5.41, 5.74) is 14.6. The van der Waals surface area contributed by atoms with Gasteiger partial charge in [-0.15, -0.1) is 0 Å². The van der Waals surface area contributed by atoms with Crippen LogP contribution in [0.5, 0.6) is 5.75 Å². The van der Waals surface area contributed by atoms with Gasteiger partial charge in [0.1, 0.15) is 5.75 Å². The van der Waals surface area contributed by atoms with Gasteiger partial charge in [0.25, 0.3) is 0 Å². The molecule has 102 valence electrons. The lowest BCUT2D eigenvalue weighted by atomic mass is 10.0. The third kappa shape index (κ3) is 2.98. The molecule has 0 saturated carbocycles. The van der Waals surface area contributed by atoms with Crippen LogP contribution >= 0.6 is 0 Å². The lowest BCUT2D eigenvalue weighted by Crippen LogP contribution is -2.09. The van der Waals surface area contributed by atoms with Crippen molar-refractivity contribution in [3.63, 3.8) is 0 Å². The third-order valence-corrected chi connectivity index (χ3v) is 2.78. The summed E-state index contributed by atoms with van der Waals surface area (Å²) in [6.45, 7) is 5.16. The van der Waals surface area contributed by atoms with E-state index < -0.39 is 5.97 Å². The quantitative estimate of drug-likeness (QED) is 0.388. The van der Waals surface area contributed by atoms with Crippen LogP contribution in [-0.4, -0.2) is 5.97 Å². The molecule has 0 aromatic heterocycles. The number of rotatable bonds is 3. The van der Waals surface area contributed by atoms with Crippen molar-refractivity contribution in [2.45, 2.75) is 6.92 Å². The van der Waals surface area contributed by atoms with E-state index in [4.69, 9.17) is 16.2 Å². The number of hydrogen-bond acceptors (Lipinski definition) is 4. The highest BCUT2D eigenvalue weighted by Gasteiger charge is 2.12. The van der Waals surface area contributed by atoms with Crippen LogP contribution in [0.15, 0.2) is 54.6 Å². The Labute approximate surface area is 117 Å². The van der Waals surface area contributed by atoms with Gasteiger partial charge < -0.3 is 16.2 Å². The van der Waals surface area contributed by atoms with Crippen molar-refractivity contribution in [3.05, 3.63) is 54.6 Å². The monoisotopic (exact) mass is 268 g/mol. The smallest absolute Gasteiger partial charge is 0.338 e. The van der Waals surface area contributed by atoms with Crippen molar-refractivity contribution >= 4 is 17.3 Å². The van der Waals surface area contributed by atoms with E-state index in [1.54, 1.807) is 31.2 Å². The molecular formula is C16H16N2O2. The zero-order valence-electron chi connectivity index (χ0n) is 11.2. The fourth-order valence-corrected chi connectivity index (χ4v) is 1.71. The molecule has 0 aliphatic carbocycles. The lowest BCUT2D eigenvalue weighted by Gasteiger charge is -2.11. The number of carbonyl (C=O) groups is 1. The SMILES string of the molecule is C=C(C)C(=O)Oc1cc(N)ccc1-c1ccc(N)cc1. The highest BCUT2D eigenvalue weighted by atomic mass is 16.5. The van der Waals surface area contributed by atoms with Crippen molar-refractivity contribution in [1.82, 2.24) is 0 Å². The van der Waals surface area contributed by atoms with Gasteiger partial charge >= 0.3 is 5.97 Å². The van der Waals surface area contributed by atoms with E-state index in [1.165, 1.54) is 0 Å². The number of ether oxygens (including phenoxy) is 1. The average molecular weight is 268 g/mol. The Morgan fingerprint density at radius 3 is 2.25 bits per heavy atom. The minimum absolute atomic E-state index is 0.329. The number of esters is 1.